The molecule has 0 saturated carbocycles. The van der Waals surface area contributed by atoms with Gasteiger partial charge in [0.05, 0.1) is 6.54 Å². The molecule has 0 unspecified atom stereocenters. The molecule has 1 aromatic rings. The van der Waals surface area contributed by atoms with Gasteiger partial charge in [0.25, 0.3) is 0 Å². The smallest absolute Gasteiger partial charge is 0.191 e. The number of nitrogens with one attached hydrogen (secondary N) is 2. The molecule has 2 rings (SSSR count). The Morgan fingerprint density at radius 3 is 2.73 bits per heavy atom. The van der Waals surface area contributed by atoms with Gasteiger partial charge in [-0.15, -0.1) is 11.3 Å². The molecule has 0 radical (unpaired) electrons. The molecule has 1 saturated heterocycles. The maximum atomic E-state index is 4.68. The number of rotatable bonds is 6. The quantitative estimate of drug-likeness (QED) is 0.625. The van der Waals surface area contributed by atoms with Gasteiger partial charge in [0.2, 0.25) is 0 Å². The summed E-state index contributed by atoms with van der Waals surface area (Å²) < 4.78 is 0. The summed E-state index contributed by atoms with van der Waals surface area (Å²) in [5, 5.41) is 6.79. The molecule has 0 aliphatic carbocycles. The summed E-state index contributed by atoms with van der Waals surface area (Å²) in [5.41, 5.74) is 0. The van der Waals surface area contributed by atoms with Crippen LogP contribution in [0.3, 0.4) is 0 Å². The second-order valence-electron chi connectivity index (χ2n) is 6.16. The van der Waals surface area contributed by atoms with Gasteiger partial charge >= 0.3 is 0 Å². The van der Waals surface area contributed by atoms with Crippen molar-refractivity contribution in [3.05, 3.63) is 21.9 Å². The highest BCUT2D eigenvalue weighted by molar-refractivity contribution is 7.11. The third-order valence-electron chi connectivity index (χ3n) is 4.13. The SMILES string of the molecule is CCNC(=NCc1ccc(C)s1)NCCN1CCC(C)CC1. The second-order valence-corrected chi connectivity index (χ2v) is 7.53. The lowest BCUT2D eigenvalue weighted by molar-refractivity contribution is 0.195. The summed E-state index contributed by atoms with van der Waals surface area (Å²) in [6, 6.07) is 4.33. The fraction of sp³-hybridized carbons (Fsp3) is 0.706. The van der Waals surface area contributed by atoms with Crippen molar-refractivity contribution in [2.24, 2.45) is 10.9 Å². The highest BCUT2D eigenvalue weighted by Crippen LogP contribution is 2.16. The van der Waals surface area contributed by atoms with E-state index in [2.05, 4.69) is 53.4 Å². The van der Waals surface area contributed by atoms with Crippen LogP contribution >= 0.6 is 11.3 Å². The Balaban J connectivity index is 1.73. The number of piperidine rings is 1. The minimum Gasteiger partial charge on any atom is -0.357 e. The zero-order chi connectivity index (χ0) is 15.8. The molecule has 1 aliphatic rings. The molecule has 5 heteroatoms. The molecule has 4 nitrogen and oxygen atoms in total. The van der Waals surface area contributed by atoms with Crippen molar-refractivity contribution < 1.29 is 0 Å². The first-order valence-corrected chi connectivity index (χ1v) is 9.29. The van der Waals surface area contributed by atoms with Crippen LogP contribution in [0.25, 0.3) is 0 Å². The number of aliphatic imine (C=N–C) groups is 1. The normalized spacial score (nSPS) is 17.7. The summed E-state index contributed by atoms with van der Waals surface area (Å²) >= 11 is 1.82. The van der Waals surface area contributed by atoms with E-state index in [9.17, 15) is 0 Å². The predicted molar refractivity (Wildman–Crippen MR) is 96.7 cm³/mol. The maximum absolute atomic E-state index is 4.68. The molecular weight excluding hydrogens is 292 g/mol. The fourth-order valence-electron chi connectivity index (χ4n) is 2.69. The van der Waals surface area contributed by atoms with Gasteiger partial charge in [0, 0.05) is 29.4 Å². The Kier molecular flexibility index (Phi) is 7.19. The number of thiophene rings is 1. The third kappa shape index (κ3) is 5.97. The minimum absolute atomic E-state index is 0.759. The highest BCUT2D eigenvalue weighted by atomic mass is 32.1. The molecule has 1 aromatic heterocycles. The van der Waals surface area contributed by atoms with Gasteiger partial charge in [-0.3, -0.25) is 0 Å². The van der Waals surface area contributed by atoms with E-state index in [-0.39, 0.29) is 0 Å². The van der Waals surface area contributed by atoms with E-state index in [4.69, 9.17) is 0 Å². The molecule has 1 fully saturated rings. The van der Waals surface area contributed by atoms with Gasteiger partial charge < -0.3 is 15.5 Å². The van der Waals surface area contributed by atoms with Crippen LogP contribution in [0.1, 0.15) is 36.4 Å². The summed E-state index contributed by atoms with van der Waals surface area (Å²) in [6.45, 7) is 12.8. The number of hydrogen-bond donors (Lipinski definition) is 2. The topological polar surface area (TPSA) is 39.7 Å². The molecule has 0 spiro atoms. The van der Waals surface area contributed by atoms with Crippen LogP contribution in [0.4, 0.5) is 0 Å². The van der Waals surface area contributed by atoms with Gasteiger partial charge in [-0.05, 0) is 57.8 Å². The van der Waals surface area contributed by atoms with Crippen molar-refractivity contribution >= 4 is 17.3 Å². The zero-order valence-electron chi connectivity index (χ0n) is 14.2. The second kappa shape index (κ2) is 9.16. The van der Waals surface area contributed by atoms with Crippen LogP contribution in [-0.2, 0) is 6.54 Å². The van der Waals surface area contributed by atoms with Crippen molar-refractivity contribution in [2.45, 2.75) is 40.2 Å². The first-order chi connectivity index (χ1) is 10.7. The lowest BCUT2D eigenvalue weighted by atomic mass is 9.99. The van der Waals surface area contributed by atoms with Crippen LogP contribution in [-0.4, -0.2) is 43.6 Å². The number of nitrogens with zero attached hydrogens (tertiary/aromatic N) is 2. The molecule has 0 amide bonds. The lowest BCUT2D eigenvalue weighted by Crippen LogP contribution is -2.43. The Morgan fingerprint density at radius 1 is 1.32 bits per heavy atom. The summed E-state index contributed by atoms with van der Waals surface area (Å²) in [6.07, 6.45) is 2.68. The number of aryl methyl sites for hydroxylation is 1. The molecule has 0 atom stereocenters. The van der Waals surface area contributed by atoms with Crippen molar-refractivity contribution in [3.63, 3.8) is 0 Å². The van der Waals surface area contributed by atoms with E-state index in [1.54, 1.807) is 0 Å². The van der Waals surface area contributed by atoms with Crippen LogP contribution in [0.2, 0.25) is 0 Å². The Hall–Kier alpha value is -1.07. The molecule has 22 heavy (non-hydrogen) atoms. The van der Waals surface area contributed by atoms with E-state index >= 15 is 0 Å². The van der Waals surface area contributed by atoms with Gasteiger partial charge in [0.1, 0.15) is 0 Å². The number of likely N-dealkylation sites (tertiary alicyclic amines) is 1. The van der Waals surface area contributed by atoms with E-state index in [0.717, 1.165) is 38.1 Å². The molecular formula is C17H30N4S. The van der Waals surface area contributed by atoms with E-state index in [0.29, 0.717) is 0 Å². The Morgan fingerprint density at radius 2 is 2.09 bits per heavy atom. The standard InChI is InChI=1S/C17H30N4S/c1-4-18-17(20-13-16-6-5-15(3)22-16)19-9-12-21-10-7-14(2)8-11-21/h5-6,14H,4,7-13H2,1-3H3,(H2,18,19,20). The van der Waals surface area contributed by atoms with Gasteiger partial charge in [-0.1, -0.05) is 6.92 Å². The minimum atomic E-state index is 0.759. The van der Waals surface area contributed by atoms with Crippen molar-refractivity contribution in [2.75, 3.05) is 32.7 Å². The first-order valence-electron chi connectivity index (χ1n) is 8.47. The molecule has 124 valence electrons. The van der Waals surface area contributed by atoms with Crippen molar-refractivity contribution in [1.82, 2.24) is 15.5 Å². The molecule has 1 aliphatic heterocycles. The van der Waals surface area contributed by atoms with Crippen LogP contribution in [0.15, 0.2) is 17.1 Å². The van der Waals surface area contributed by atoms with Gasteiger partial charge in [-0.2, -0.15) is 0 Å². The monoisotopic (exact) mass is 322 g/mol. The highest BCUT2D eigenvalue weighted by Gasteiger charge is 2.14. The number of hydrogen-bond acceptors (Lipinski definition) is 3. The summed E-state index contributed by atoms with van der Waals surface area (Å²) in [7, 11) is 0. The summed E-state index contributed by atoms with van der Waals surface area (Å²) in [5.74, 6) is 1.83. The first kappa shape index (κ1) is 17.3. The van der Waals surface area contributed by atoms with E-state index in [1.165, 1.54) is 35.7 Å². The number of guanidine groups is 1. The lowest BCUT2D eigenvalue weighted by Gasteiger charge is -2.30. The average molecular weight is 323 g/mol. The largest absolute Gasteiger partial charge is 0.357 e. The molecule has 2 N–H and O–H groups in total. The molecule has 0 bridgehead atoms. The van der Waals surface area contributed by atoms with Crippen molar-refractivity contribution in [3.8, 4) is 0 Å². The van der Waals surface area contributed by atoms with Crippen molar-refractivity contribution in [1.29, 1.82) is 0 Å². The molecule has 0 aromatic carbocycles. The summed E-state index contributed by atoms with van der Waals surface area (Å²) in [4.78, 5) is 9.90. The average Bonchev–Trinajstić information content (AvgIpc) is 2.92. The van der Waals surface area contributed by atoms with E-state index in [1.807, 2.05) is 11.3 Å². The van der Waals surface area contributed by atoms with Crippen LogP contribution in [0, 0.1) is 12.8 Å². The van der Waals surface area contributed by atoms with Gasteiger partial charge in [-0.25, -0.2) is 4.99 Å². The zero-order valence-corrected chi connectivity index (χ0v) is 15.0. The van der Waals surface area contributed by atoms with Crippen LogP contribution in [0.5, 0.6) is 0 Å². The maximum Gasteiger partial charge on any atom is 0.191 e. The molecule has 2 heterocycles. The van der Waals surface area contributed by atoms with Crippen LogP contribution < -0.4 is 10.6 Å². The fourth-order valence-corrected chi connectivity index (χ4v) is 3.50. The van der Waals surface area contributed by atoms with E-state index < -0.39 is 0 Å². The predicted octanol–water partition coefficient (Wildman–Crippen LogP) is 2.84. The third-order valence-corrected chi connectivity index (χ3v) is 5.12. The van der Waals surface area contributed by atoms with Gasteiger partial charge in [0.15, 0.2) is 5.96 Å². The Labute approximate surface area is 139 Å². The Bertz CT molecular complexity index is 461.